The molecule has 1 saturated heterocycles. The van der Waals surface area contributed by atoms with E-state index in [1.165, 1.54) is 15.8 Å². The van der Waals surface area contributed by atoms with E-state index in [2.05, 4.69) is 41.4 Å². The Morgan fingerprint density at radius 1 is 1.07 bits per heavy atom. The summed E-state index contributed by atoms with van der Waals surface area (Å²) in [6.07, 6.45) is 4.72. The number of fused-ring (bicyclic) bond motifs is 1. The standard InChI is InChI=1S/C23H24N2OS.ClH/c1-2-23(26)25-13-11-21(12-14-25)27-20-9-7-17(8-10-20)19-15-18-5-3-4-6-22(18)24-16-19;/h3-10,15-16,21H,2,11-14H2,1H3;1H. The molecule has 146 valence electrons. The number of hydrogen-bond acceptors (Lipinski definition) is 3. The van der Waals surface area contributed by atoms with Gasteiger partial charge in [0.2, 0.25) is 5.91 Å². The van der Waals surface area contributed by atoms with Gasteiger partial charge in [-0.15, -0.1) is 24.2 Å². The number of nitrogens with zero attached hydrogens (tertiary/aromatic N) is 2. The third kappa shape index (κ3) is 4.68. The Bertz CT molecular complexity index is 937. The molecule has 1 aromatic heterocycles. The number of rotatable bonds is 4. The molecule has 0 bridgehead atoms. The third-order valence-corrected chi connectivity index (χ3v) is 6.53. The molecule has 1 fully saturated rings. The van der Waals surface area contributed by atoms with Crippen molar-refractivity contribution in [3.8, 4) is 11.1 Å². The fourth-order valence-corrected chi connectivity index (χ4v) is 4.72. The molecule has 0 unspecified atom stereocenters. The highest BCUT2D eigenvalue weighted by Crippen LogP contribution is 2.32. The van der Waals surface area contributed by atoms with E-state index in [1.807, 2.05) is 48.0 Å². The Morgan fingerprint density at radius 3 is 2.50 bits per heavy atom. The summed E-state index contributed by atoms with van der Waals surface area (Å²) >= 11 is 1.94. The summed E-state index contributed by atoms with van der Waals surface area (Å²) in [5.41, 5.74) is 3.37. The summed E-state index contributed by atoms with van der Waals surface area (Å²) in [4.78, 5) is 19.7. The molecular weight excluding hydrogens is 388 g/mol. The zero-order valence-corrected chi connectivity index (χ0v) is 17.6. The first-order valence-electron chi connectivity index (χ1n) is 9.62. The summed E-state index contributed by atoms with van der Waals surface area (Å²) < 4.78 is 0. The molecular formula is C23H25ClN2OS. The van der Waals surface area contributed by atoms with Crippen LogP contribution in [0.1, 0.15) is 26.2 Å². The molecule has 1 aliphatic heterocycles. The van der Waals surface area contributed by atoms with Gasteiger partial charge in [-0.3, -0.25) is 9.78 Å². The molecule has 2 heterocycles. The number of carbonyl (C=O) groups is 1. The number of para-hydroxylation sites is 1. The van der Waals surface area contributed by atoms with Crippen molar-refractivity contribution < 1.29 is 4.79 Å². The number of amides is 1. The van der Waals surface area contributed by atoms with Gasteiger partial charge in [-0.1, -0.05) is 37.3 Å². The molecule has 4 rings (SSSR count). The van der Waals surface area contributed by atoms with Crippen molar-refractivity contribution in [2.24, 2.45) is 0 Å². The number of piperidine rings is 1. The number of carbonyl (C=O) groups excluding carboxylic acids is 1. The average Bonchev–Trinajstić information content (AvgIpc) is 2.74. The van der Waals surface area contributed by atoms with Crippen LogP contribution < -0.4 is 0 Å². The van der Waals surface area contributed by atoms with Gasteiger partial charge in [-0.05, 0) is 42.7 Å². The van der Waals surface area contributed by atoms with Crippen LogP contribution in [-0.4, -0.2) is 34.1 Å². The van der Waals surface area contributed by atoms with Crippen LogP contribution in [0.2, 0.25) is 0 Å². The Morgan fingerprint density at radius 2 is 1.79 bits per heavy atom. The zero-order chi connectivity index (χ0) is 18.6. The predicted molar refractivity (Wildman–Crippen MR) is 120 cm³/mol. The minimum absolute atomic E-state index is 0. The highest BCUT2D eigenvalue weighted by Gasteiger charge is 2.22. The lowest BCUT2D eigenvalue weighted by molar-refractivity contribution is -0.131. The molecule has 0 saturated carbocycles. The van der Waals surface area contributed by atoms with Gasteiger partial charge >= 0.3 is 0 Å². The van der Waals surface area contributed by atoms with Gasteiger partial charge in [0.1, 0.15) is 0 Å². The Balaban J connectivity index is 0.00000225. The Labute approximate surface area is 177 Å². The van der Waals surface area contributed by atoms with Crippen LogP contribution in [0.25, 0.3) is 22.0 Å². The minimum Gasteiger partial charge on any atom is -0.343 e. The normalized spacial score (nSPS) is 14.7. The van der Waals surface area contributed by atoms with Crippen molar-refractivity contribution in [1.29, 1.82) is 0 Å². The van der Waals surface area contributed by atoms with Gasteiger partial charge < -0.3 is 4.90 Å². The quantitative estimate of drug-likeness (QED) is 0.541. The van der Waals surface area contributed by atoms with E-state index < -0.39 is 0 Å². The molecule has 0 radical (unpaired) electrons. The second-order valence-corrected chi connectivity index (χ2v) is 8.37. The molecule has 3 aromatic rings. The highest BCUT2D eigenvalue weighted by molar-refractivity contribution is 8.00. The number of aromatic nitrogens is 1. The van der Waals surface area contributed by atoms with Crippen LogP contribution >= 0.6 is 24.2 Å². The summed E-state index contributed by atoms with van der Waals surface area (Å²) in [6, 6.07) is 19.2. The lowest BCUT2D eigenvalue weighted by Gasteiger charge is -2.31. The lowest BCUT2D eigenvalue weighted by Crippen LogP contribution is -2.38. The van der Waals surface area contributed by atoms with Gasteiger partial charge in [-0.2, -0.15) is 0 Å². The first kappa shape index (κ1) is 20.7. The van der Waals surface area contributed by atoms with Crippen LogP contribution in [0.5, 0.6) is 0 Å². The van der Waals surface area contributed by atoms with E-state index in [9.17, 15) is 4.79 Å². The van der Waals surface area contributed by atoms with E-state index in [0.29, 0.717) is 11.7 Å². The molecule has 5 heteroatoms. The predicted octanol–water partition coefficient (Wildman–Crippen LogP) is 5.82. The number of pyridine rings is 1. The second kappa shape index (κ2) is 9.44. The molecule has 0 N–H and O–H groups in total. The highest BCUT2D eigenvalue weighted by atomic mass is 35.5. The third-order valence-electron chi connectivity index (χ3n) is 5.18. The molecule has 28 heavy (non-hydrogen) atoms. The van der Waals surface area contributed by atoms with E-state index in [4.69, 9.17) is 0 Å². The summed E-state index contributed by atoms with van der Waals surface area (Å²) in [5, 5.41) is 1.76. The van der Waals surface area contributed by atoms with Crippen molar-refractivity contribution >= 4 is 41.0 Å². The molecule has 0 aliphatic carbocycles. The maximum atomic E-state index is 11.8. The molecule has 0 atom stereocenters. The first-order valence-corrected chi connectivity index (χ1v) is 10.5. The fraction of sp³-hybridized carbons (Fsp3) is 0.304. The van der Waals surface area contributed by atoms with Crippen molar-refractivity contribution in [2.75, 3.05) is 13.1 Å². The van der Waals surface area contributed by atoms with Crippen molar-refractivity contribution in [3.05, 3.63) is 60.8 Å². The van der Waals surface area contributed by atoms with Crippen LogP contribution in [0.3, 0.4) is 0 Å². The van der Waals surface area contributed by atoms with E-state index >= 15 is 0 Å². The minimum atomic E-state index is 0. The maximum Gasteiger partial charge on any atom is 0.222 e. The topological polar surface area (TPSA) is 33.2 Å². The smallest absolute Gasteiger partial charge is 0.222 e. The van der Waals surface area contributed by atoms with Gasteiger partial charge in [0.25, 0.3) is 0 Å². The average molecular weight is 413 g/mol. The monoisotopic (exact) mass is 412 g/mol. The number of halogens is 1. The Hall–Kier alpha value is -2.04. The maximum absolute atomic E-state index is 11.8. The molecule has 1 amide bonds. The zero-order valence-electron chi connectivity index (χ0n) is 16.0. The van der Waals surface area contributed by atoms with E-state index in [0.717, 1.165) is 37.0 Å². The fourth-order valence-electron chi connectivity index (χ4n) is 3.59. The van der Waals surface area contributed by atoms with Crippen LogP contribution in [0.15, 0.2) is 65.7 Å². The van der Waals surface area contributed by atoms with Crippen molar-refractivity contribution in [2.45, 2.75) is 36.3 Å². The van der Waals surface area contributed by atoms with Gasteiger partial charge in [0, 0.05) is 46.8 Å². The van der Waals surface area contributed by atoms with Gasteiger partial charge in [0.15, 0.2) is 0 Å². The second-order valence-electron chi connectivity index (χ2n) is 6.99. The number of benzene rings is 2. The largest absolute Gasteiger partial charge is 0.343 e. The molecule has 1 aliphatic rings. The van der Waals surface area contributed by atoms with E-state index in [1.54, 1.807) is 0 Å². The summed E-state index contributed by atoms with van der Waals surface area (Å²) in [7, 11) is 0. The molecule has 3 nitrogen and oxygen atoms in total. The first-order chi connectivity index (χ1) is 13.2. The Kier molecular flexibility index (Phi) is 6.97. The van der Waals surface area contributed by atoms with Crippen molar-refractivity contribution in [1.82, 2.24) is 9.88 Å². The van der Waals surface area contributed by atoms with Gasteiger partial charge in [0.05, 0.1) is 5.52 Å². The van der Waals surface area contributed by atoms with E-state index in [-0.39, 0.29) is 18.3 Å². The summed E-state index contributed by atoms with van der Waals surface area (Å²) in [5.74, 6) is 0.284. The number of hydrogen-bond donors (Lipinski definition) is 0. The van der Waals surface area contributed by atoms with Gasteiger partial charge in [-0.25, -0.2) is 0 Å². The lowest BCUT2D eigenvalue weighted by atomic mass is 10.1. The molecule has 2 aromatic carbocycles. The SMILES string of the molecule is CCC(=O)N1CCC(Sc2ccc(-c3cnc4ccccc4c3)cc2)CC1.Cl. The number of likely N-dealkylation sites (tertiary alicyclic amines) is 1. The van der Waals surface area contributed by atoms with Crippen LogP contribution in [-0.2, 0) is 4.79 Å². The van der Waals surface area contributed by atoms with Crippen LogP contribution in [0.4, 0.5) is 0 Å². The molecule has 0 spiro atoms. The van der Waals surface area contributed by atoms with Crippen LogP contribution in [0, 0.1) is 0 Å². The summed E-state index contributed by atoms with van der Waals surface area (Å²) in [6.45, 7) is 3.73. The number of thioether (sulfide) groups is 1. The van der Waals surface area contributed by atoms with Crippen molar-refractivity contribution in [3.63, 3.8) is 0 Å².